The van der Waals surface area contributed by atoms with Gasteiger partial charge in [0.1, 0.15) is 5.82 Å². The van der Waals surface area contributed by atoms with E-state index >= 15 is 0 Å². The molecule has 0 bridgehead atoms. The Morgan fingerprint density at radius 3 is 2.44 bits per heavy atom. The van der Waals surface area contributed by atoms with Gasteiger partial charge in [0.15, 0.2) is 11.6 Å². The molecule has 2 rings (SSSR count). The van der Waals surface area contributed by atoms with E-state index in [1.807, 2.05) is 0 Å². The lowest BCUT2D eigenvalue weighted by Crippen LogP contribution is -2.14. The first-order valence-corrected chi connectivity index (χ1v) is 5.45. The molecule has 0 amide bonds. The first kappa shape index (κ1) is 12.6. The summed E-state index contributed by atoms with van der Waals surface area (Å²) in [4.78, 5) is 0. The van der Waals surface area contributed by atoms with Gasteiger partial charge >= 0.3 is 0 Å². The van der Waals surface area contributed by atoms with Gasteiger partial charge in [0, 0.05) is 5.56 Å². The summed E-state index contributed by atoms with van der Waals surface area (Å²) in [5.41, 5.74) is 6.96. The van der Waals surface area contributed by atoms with Gasteiger partial charge in [-0.1, -0.05) is 18.2 Å². The Kier molecular flexibility index (Phi) is 3.39. The van der Waals surface area contributed by atoms with Crippen LogP contribution in [0.4, 0.5) is 13.2 Å². The fourth-order valence-electron chi connectivity index (χ4n) is 1.88. The highest BCUT2D eigenvalue weighted by molar-refractivity contribution is 5.35. The van der Waals surface area contributed by atoms with Crippen molar-refractivity contribution >= 4 is 0 Å². The lowest BCUT2D eigenvalue weighted by Gasteiger charge is -2.14. The second-order valence-electron chi connectivity index (χ2n) is 4.18. The van der Waals surface area contributed by atoms with Crippen molar-refractivity contribution in [3.63, 3.8) is 0 Å². The van der Waals surface area contributed by atoms with E-state index in [1.165, 1.54) is 24.3 Å². The molecule has 2 N–H and O–H groups in total. The van der Waals surface area contributed by atoms with E-state index in [0.717, 1.165) is 6.07 Å². The van der Waals surface area contributed by atoms with E-state index in [4.69, 9.17) is 5.73 Å². The molecule has 4 heteroatoms. The number of rotatable bonds is 2. The molecule has 0 aromatic heterocycles. The van der Waals surface area contributed by atoms with Crippen molar-refractivity contribution in [3.05, 3.63) is 70.5 Å². The van der Waals surface area contributed by atoms with Gasteiger partial charge in [-0.15, -0.1) is 0 Å². The van der Waals surface area contributed by atoms with Crippen molar-refractivity contribution in [2.45, 2.75) is 13.0 Å². The van der Waals surface area contributed by atoms with E-state index in [-0.39, 0.29) is 5.56 Å². The highest BCUT2D eigenvalue weighted by atomic mass is 19.2. The quantitative estimate of drug-likeness (QED) is 0.869. The van der Waals surface area contributed by atoms with Crippen LogP contribution in [0.2, 0.25) is 0 Å². The van der Waals surface area contributed by atoms with Crippen molar-refractivity contribution in [2.24, 2.45) is 5.73 Å². The zero-order valence-corrected chi connectivity index (χ0v) is 9.75. The number of aryl methyl sites for hydroxylation is 1. The lowest BCUT2D eigenvalue weighted by atomic mass is 9.97. The van der Waals surface area contributed by atoms with Crippen molar-refractivity contribution in [3.8, 4) is 0 Å². The smallest absolute Gasteiger partial charge is 0.163 e. The van der Waals surface area contributed by atoms with Crippen LogP contribution in [0.5, 0.6) is 0 Å². The van der Waals surface area contributed by atoms with Gasteiger partial charge in [-0.3, -0.25) is 0 Å². The Morgan fingerprint density at radius 1 is 1.06 bits per heavy atom. The van der Waals surface area contributed by atoms with E-state index in [9.17, 15) is 13.2 Å². The maximum absolute atomic E-state index is 13.6. The average Bonchev–Trinajstić information content (AvgIpc) is 2.30. The molecule has 0 heterocycles. The Bertz CT molecular complexity index is 561. The molecule has 0 saturated carbocycles. The molecule has 1 unspecified atom stereocenters. The summed E-state index contributed by atoms with van der Waals surface area (Å²) >= 11 is 0. The van der Waals surface area contributed by atoms with Crippen molar-refractivity contribution < 1.29 is 13.2 Å². The highest BCUT2D eigenvalue weighted by Gasteiger charge is 2.17. The van der Waals surface area contributed by atoms with Gasteiger partial charge in [-0.05, 0) is 36.2 Å². The second-order valence-corrected chi connectivity index (χ2v) is 4.18. The number of hydrogen-bond acceptors (Lipinski definition) is 1. The Hall–Kier alpha value is -1.81. The third kappa shape index (κ3) is 2.38. The molecule has 1 nitrogen and oxygen atoms in total. The summed E-state index contributed by atoms with van der Waals surface area (Å²) in [6.45, 7) is 1.71. The first-order valence-electron chi connectivity index (χ1n) is 5.45. The van der Waals surface area contributed by atoms with Crippen LogP contribution < -0.4 is 5.73 Å². The molecule has 0 spiro atoms. The van der Waals surface area contributed by atoms with Crippen LogP contribution in [-0.2, 0) is 0 Å². The van der Waals surface area contributed by atoms with Crippen LogP contribution in [0.15, 0.2) is 36.4 Å². The Labute approximate surface area is 103 Å². The maximum atomic E-state index is 13.6. The van der Waals surface area contributed by atoms with Crippen LogP contribution in [0.1, 0.15) is 22.7 Å². The van der Waals surface area contributed by atoms with Gasteiger partial charge in [0.25, 0.3) is 0 Å². The normalized spacial score (nSPS) is 12.5. The highest BCUT2D eigenvalue weighted by Crippen LogP contribution is 2.24. The second kappa shape index (κ2) is 4.82. The first-order chi connectivity index (χ1) is 8.49. The van der Waals surface area contributed by atoms with E-state index in [0.29, 0.717) is 11.1 Å². The average molecular weight is 251 g/mol. The molecule has 2 aromatic carbocycles. The standard InChI is InChI=1S/C14H12F3N/c1-8-5-9(7-10(15)6-8)14(18)11-3-2-4-12(16)13(11)17/h2-7,14H,18H2,1H3. The summed E-state index contributed by atoms with van der Waals surface area (Å²) in [6, 6.07) is 7.11. The zero-order valence-electron chi connectivity index (χ0n) is 9.75. The fraction of sp³-hybridized carbons (Fsp3) is 0.143. The molecule has 0 aliphatic carbocycles. The summed E-state index contributed by atoms with van der Waals surface area (Å²) in [5, 5.41) is 0. The molecule has 0 aliphatic heterocycles. The van der Waals surface area contributed by atoms with Gasteiger partial charge in [0.2, 0.25) is 0 Å². The van der Waals surface area contributed by atoms with Crippen LogP contribution in [-0.4, -0.2) is 0 Å². The predicted molar refractivity (Wildman–Crippen MR) is 63.5 cm³/mol. The van der Waals surface area contributed by atoms with Crippen LogP contribution in [0, 0.1) is 24.4 Å². The van der Waals surface area contributed by atoms with Crippen molar-refractivity contribution in [1.29, 1.82) is 0 Å². The summed E-state index contributed by atoms with van der Waals surface area (Å²) in [7, 11) is 0. The van der Waals surface area contributed by atoms with Crippen LogP contribution in [0.25, 0.3) is 0 Å². The lowest BCUT2D eigenvalue weighted by molar-refractivity contribution is 0.494. The van der Waals surface area contributed by atoms with Crippen molar-refractivity contribution in [1.82, 2.24) is 0 Å². The summed E-state index contributed by atoms with van der Waals surface area (Å²) in [6.07, 6.45) is 0. The molecule has 94 valence electrons. The molecule has 0 radical (unpaired) electrons. The third-order valence-electron chi connectivity index (χ3n) is 2.74. The monoisotopic (exact) mass is 251 g/mol. The zero-order chi connectivity index (χ0) is 13.3. The van der Waals surface area contributed by atoms with Gasteiger partial charge in [0.05, 0.1) is 6.04 Å². The van der Waals surface area contributed by atoms with E-state index in [2.05, 4.69) is 0 Å². The molecule has 0 fully saturated rings. The maximum Gasteiger partial charge on any atom is 0.163 e. The number of benzene rings is 2. The SMILES string of the molecule is Cc1cc(F)cc(C(N)c2cccc(F)c2F)c1. The predicted octanol–water partition coefficient (Wildman–Crippen LogP) is 3.46. The summed E-state index contributed by atoms with van der Waals surface area (Å²) < 4.78 is 40.0. The van der Waals surface area contributed by atoms with Gasteiger partial charge < -0.3 is 5.73 Å². The molecule has 1 atom stereocenters. The third-order valence-corrected chi connectivity index (χ3v) is 2.74. The molecule has 18 heavy (non-hydrogen) atoms. The van der Waals surface area contributed by atoms with Gasteiger partial charge in [-0.2, -0.15) is 0 Å². The van der Waals surface area contributed by atoms with E-state index < -0.39 is 23.5 Å². The van der Waals surface area contributed by atoms with Crippen LogP contribution >= 0.6 is 0 Å². The minimum absolute atomic E-state index is 0.0139. The molecule has 0 saturated heterocycles. The minimum atomic E-state index is -0.994. The Morgan fingerprint density at radius 2 is 1.78 bits per heavy atom. The summed E-state index contributed by atoms with van der Waals surface area (Å²) in [5.74, 6) is -2.40. The number of halogens is 3. The van der Waals surface area contributed by atoms with Crippen molar-refractivity contribution in [2.75, 3.05) is 0 Å². The molecule has 0 aliphatic rings. The Balaban J connectivity index is 2.47. The molecular formula is C14H12F3N. The topological polar surface area (TPSA) is 26.0 Å². The molecular weight excluding hydrogens is 239 g/mol. The minimum Gasteiger partial charge on any atom is -0.320 e. The van der Waals surface area contributed by atoms with Gasteiger partial charge in [-0.25, -0.2) is 13.2 Å². The van der Waals surface area contributed by atoms with E-state index in [1.54, 1.807) is 13.0 Å². The molecule has 2 aromatic rings. The number of nitrogens with two attached hydrogens (primary N) is 1. The largest absolute Gasteiger partial charge is 0.320 e. The number of hydrogen-bond donors (Lipinski definition) is 1. The van der Waals surface area contributed by atoms with Crippen LogP contribution in [0.3, 0.4) is 0 Å². The fourth-order valence-corrected chi connectivity index (χ4v) is 1.88.